The van der Waals surface area contributed by atoms with Gasteiger partial charge < -0.3 is 14.0 Å². The van der Waals surface area contributed by atoms with Gasteiger partial charge in [0, 0.05) is 17.2 Å². The van der Waals surface area contributed by atoms with Crippen molar-refractivity contribution in [3.63, 3.8) is 0 Å². The van der Waals surface area contributed by atoms with Crippen molar-refractivity contribution < 1.29 is 37.2 Å². The van der Waals surface area contributed by atoms with Gasteiger partial charge in [0.05, 0.1) is 50.4 Å². The minimum Gasteiger partial charge on any atom is -0.457 e. The summed E-state index contributed by atoms with van der Waals surface area (Å²) in [5, 5.41) is 11.8. The molecule has 0 saturated carbocycles. The third-order valence-electron chi connectivity index (χ3n) is 7.41. The van der Waals surface area contributed by atoms with Gasteiger partial charge in [-0.1, -0.05) is 25.1 Å². The number of ether oxygens (including phenoxy) is 2. The molecule has 4 heterocycles. The lowest BCUT2D eigenvalue weighted by Crippen LogP contribution is -2.47. The lowest BCUT2D eigenvalue weighted by atomic mass is 9.85. The maximum Gasteiger partial charge on any atom is 0.417 e. The highest BCUT2D eigenvalue weighted by atomic mass is 19.4. The fourth-order valence-corrected chi connectivity index (χ4v) is 5.42. The maximum atomic E-state index is 13.6. The number of hydrogen-bond acceptors (Lipinski definition) is 8. The van der Waals surface area contributed by atoms with Gasteiger partial charge in [-0.05, 0) is 36.8 Å². The number of aromatic nitrogens is 2. The van der Waals surface area contributed by atoms with Gasteiger partial charge in [0.2, 0.25) is 5.60 Å². The lowest BCUT2D eigenvalue weighted by Gasteiger charge is -2.35. The smallest absolute Gasteiger partial charge is 0.417 e. The molecule has 0 N–H and O–H groups in total. The highest BCUT2D eigenvalue weighted by molar-refractivity contribution is 5.95. The van der Waals surface area contributed by atoms with E-state index in [9.17, 15) is 37.7 Å². The number of esters is 2. The standard InChI is InChI=1S/C28H18F3N3O7/c1-2-27(41-25(36)15-6-3-4-7-18(15)28(29,30)31)19-11-22-23-14(12-33(22)24(35)17(19)13-40-26(27)37)10-16-20(32-23)8-5-9-21(16)34(38)39/h3-11H,2,12-13H2,1H3/t27-/m0/s1. The number of non-ortho nitro benzene ring substituents is 1. The number of benzene rings is 2. The number of pyridine rings is 2. The summed E-state index contributed by atoms with van der Waals surface area (Å²) in [4.78, 5) is 55.6. The number of hydrogen-bond donors (Lipinski definition) is 0. The van der Waals surface area contributed by atoms with E-state index in [0.29, 0.717) is 16.8 Å². The second-order valence-corrected chi connectivity index (χ2v) is 9.60. The Morgan fingerprint density at radius 1 is 1.17 bits per heavy atom. The minimum absolute atomic E-state index is 0.00421. The van der Waals surface area contributed by atoms with E-state index in [-0.39, 0.29) is 40.9 Å². The molecule has 0 aliphatic carbocycles. The maximum absolute atomic E-state index is 13.6. The number of carbonyl (C=O) groups is 2. The molecule has 0 unspecified atom stereocenters. The van der Waals surface area contributed by atoms with E-state index in [2.05, 4.69) is 4.98 Å². The SMILES string of the molecule is CC[C@@]1(OC(=O)c2ccccc2C(F)(F)F)C(=O)OCc2c1cc1n(c2=O)Cc2cc3c([N+](=O)[O-])cccc3nc2-1. The Morgan fingerprint density at radius 2 is 1.93 bits per heavy atom. The van der Waals surface area contributed by atoms with Crippen LogP contribution in [-0.2, 0) is 39.2 Å². The highest BCUT2D eigenvalue weighted by Gasteiger charge is 2.51. The van der Waals surface area contributed by atoms with Crippen molar-refractivity contribution in [2.24, 2.45) is 0 Å². The number of nitro benzene ring substituents is 1. The Kier molecular flexibility index (Phi) is 5.73. The quantitative estimate of drug-likeness (QED) is 0.171. The third-order valence-corrected chi connectivity index (χ3v) is 7.41. The molecule has 0 fully saturated rings. The Bertz CT molecular complexity index is 1880. The molecule has 0 spiro atoms. The summed E-state index contributed by atoms with van der Waals surface area (Å²) in [5.41, 5.74) is -3.61. The van der Waals surface area contributed by atoms with E-state index >= 15 is 0 Å². The van der Waals surface area contributed by atoms with Gasteiger partial charge in [0.15, 0.2) is 0 Å². The summed E-state index contributed by atoms with van der Waals surface area (Å²) < 4.78 is 53.0. The second kappa shape index (κ2) is 8.98. The molecule has 0 amide bonds. The number of nitrogens with zero attached hydrogens (tertiary/aromatic N) is 3. The first-order chi connectivity index (χ1) is 19.5. The average Bonchev–Trinajstić information content (AvgIpc) is 3.30. The number of rotatable bonds is 4. The predicted molar refractivity (Wildman–Crippen MR) is 136 cm³/mol. The van der Waals surface area contributed by atoms with Gasteiger partial charge >= 0.3 is 18.1 Å². The van der Waals surface area contributed by atoms with Crippen LogP contribution in [0.3, 0.4) is 0 Å². The van der Waals surface area contributed by atoms with E-state index in [1.807, 2.05) is 0 Å². The first-order valence-electron chi connectivity index (χ1n) is 12.4. The van der Waals surface area contributed by atoms with E-state index in [1.165, 1.54) is 35.8 Å². The molecule has 1 atom stereocenters. The fraction of sp³-hybridized carbons (Fsp3) is 0.214. The summed E-state index contributed by atoms with van der Waals surface area (Å²) in [6, 6.07) is 11.4. The molecule has 208 valence electrons. The number of fused-ring (bicyclic) bond motifs is 5. The molecule has 4 aromatic rings. The Morgan fingerprint density at radius 3 is 2.63 bits per heavy atom. The molecule has 2 aliphatic heterocycles. The van der Waals surface area contributed by atoms with Crippen molar-refractivity contribution in [2.75, 3.05) is 0 Å². The van der Waals surface area contributed by atoms with Crippen molar-refractivity contribution in [3.8, 4) is 11.4 Å². The molecule has 10 nitrogen and oxygen atoms in total. The fourth-order valence-electron chi connectivity index (χ4n) is 5.42. The van der Waals surface area contributed by atoms with Gasteiger partial charge in [-0.25, -0.2) is 14.6 Å². The number of halogens is 3. The topological polar surface area (TPSA) is 131 Å². The summed E-state index contributed by atoms with van der Waals surface area (Å²) in [7, 11) is 0. The zero-order chi connectivity index (χ0) is 29.3. The molecule has 0 bridgehead atoms. The van der Waals surface area contributed by atoms with Crippen molar-refractivity contribution in [1.82, 2.24) is 9.55 Å². The van der Waals surface area contributed by atoms with Crippen LogP contribution in [0.5, 0.6) is 0 Å². The van der Waals surface area contributed by atoms with Gasteiger partial charge in [-0.3, -0.25) is 14.9 Å². The van der Waals surface area contributed by atoms with Gasteiger partial charge in [0.1, 0.15) is 6.61 Å². The van der Waals surface area contributed by atoms with Gasteiger partial charge in [0.25, 0.3) is 11.2 Å². The monoisotopic (exact) mass is 565 g/mol. The molecule has 6 rings (SSSR count). The zero-order valence-electron chi connectivity index (χ0n) is 21.2. The molecule has 13 heteroatoms. The van der Waals surface area contributed by atoms with Crippen LogP contribution in [0.4, 0.5) is 18.9 Å². The van der Waals surface area contributed by atoms with E-state index in [4.69, 9.17) is 9.47 Å². The summed E-state index contributed by atoms with van der Waals surface area (Å²) in [5.74, 6) is -2.45. The van der Waals surface area contributed by atoms with Crippen LogP contribution in [0.1, 0.15) is 46.0 Å². The van der Waals surface area contributed by atoms with Crippen LogP contribution >= 0.6 is 0 Å². The van der Waals surface area contributed by atoms with Crippen molar-refractivity contribution in [2.45, 2.75) is 38.3 Å². The minimum atomic E-state index is -4.87. The molecule has 41 heavy (non-hydrogen) atoms. The summed E-state index contributed by atoms with van der Waals surface area (Å²) >= 11 is 0. The van der Waals surface area contributed by atoms with Crippen LogP contribution in [-0.4, -0.2) is 26.4 Å². The van der Waals surface area contributed by atoms with Crippen LogP contribution < -0.4 is 5.56 Å². The van der Waals surface area contributed by atoms with Gasteiger partial charge in [-0.2, -0.15) is 13.2 Å². The number of alkyl halides is 3. The first-order valence-corrected chi connectivity index (χ1v) is 12.4. The number of nitro groups is 1. The molecule has 0 radical (unpaired) electrons. The molecule has 2 aromatic heterocycles. The molecule has 0 saturated heterocycles. The van der Waals surface area contributed by atoms with Crippen molar-refractivity contribution >= 4 is 28.5 Å². The highest BCUT2D eigenvalue weighted by Crippen LogP contribution is 2.42. The van der Waals surface area contributed by atoms with Crippen molar-refractivity contribution in [3.05, 3.63) is 103 Å². The first kappa shape index (κ1) is 26.2. The van der Waals surface area contributed by atoms with Crippen LogP contribution in [0.15, 0.2) is 59.4 Å². The molecular formula is C28H18F3N3O7. The average molecular weight is 565 g/mol. The summed E-state index contributed by atoms with van der Waals surface area (Å²) in [6.07, 6.45) is -5.11. The number of cyclic esters (lactones) is 1. The van der Waals surface area contributed by atoms with Crippen LogP contribution in [0.2, 0.25) is 0 Å². The lowest BCUT2D eigenvalue weighted by molar-refractivity contribution is -0.383. The van der Waals surface area contributed by atoms with E-state index in [1.54, 1.807) is 12.1 Å². The van der Waals surface area contributed by atoms with Crippen molar-refractivity contribution in [1.29, 1.82) is 0 Å². The Hall–Kier alpha value is -5.07. The molecule has 2 aromatic carbocycles. The second-order valence-electron chi connectivity index (χ2n) is 9.60. The largest absolute Gasteiger partial charge is 0.457 e. The van der Waals surface area contributed by atoms with E-state index < -0.39 is 51.9 Å². The third kappa shape index (κ3) is 3.87. The van der Waals surface area contributed by atoms with E-state index in [0.717, 1.165) is 18.2 Å². The molecule has 2 aliphatic rings. The predicted octanol–water partition coefficient (Wildman–Crippen LogP) is 4.87. The Balaban J connectivity index is 1.52. The van der Waals surface area contributed by atoms with Gasteiger partial charge in [-0.15, -0.1) is 0 Å². The molecular weight excluding hydrogens is 547 g/mol. The van der Waals surface area contributed by atoms with Crippen LogP contribution in [0, 0.1) is 10.1 Å². The van der Waals surface area contributed by atoms with Crippen LogP contribution in [0.25, 0.3) is 22.3 Å². The normalized spacial score (nSPS) is 17.4. The number of carbonyl (C=O) groups excluding carboxylic acids is 2. The zero-order valence-corrected chi connectivity index (χ0v) is 21.2. The Labute approximate surface area is 228 Å². The summed E-state index contributed by atoms with van der Waals surface area (Å²) in [6.45, 7) is 1.06.